The molecule has 0 bridgehead atoms. The topological polar surface area (TPSA) is 53.4 Å². The molecule has 2 heterocycles. The van der Waals surface area contributed by atoms with Crippen molar-refractivity contribution in [2.24, 2.45) is 0 Å². The van der Waals surface area contributed by atoms with Crippen molar-refractivity contribution in [3.05, 3.63) is 24.5 Å². The number of pyridine rings is 1. The van der Waals surface area contributed by atoms with Crippen LogP contribution in [0, 0.1) is 0 Å². The van der Waals surface area contributed by atoms with E-state index in [0.717, 1.165) is 12.8 Å². The number of piperidine rings is 1. The van der Waals surface area contributed by atoms with E-state index in [1.165, 1.54) is 9.80 Å². The molecule has 0 atom stereocenters. The Morgan fingerprint density at radius 3 is 2.56 bits per heavy atom. The van der Waals surface area contributed by atoms with Gasteiger partial charge in [0.05, 0.1) is 0 Å². The zero-order chi connectivity index (χ0) is 11.4. The zero-order valence-corrected chi connectivity index (χ0v) is 9.69. The smallest absolute Gasteiger partial charge is 0.407 e. The molecule has 16 heavy (non-hydrogen) atoms. The van der Waals surface area contributed by atoms with E-state index in [-0.39, 0.29) is 0 Å². The lowest BCUT2D eigenvalue weighted by atomic mass is 10.1. The van der Waals surface area contributed by atoms with Gasteiger partial charge in [0, 0.05) is 35.6 Å². The van der Waals surface area contributed by atoms with Crippen LogP contribution in [-0.2, 0) is 0 Å². The summed E-state index contributed by atoms with van der Waals surface area (Å²) in [4.78, 5) is 17.4. The molecule has 1 saturated heterocycles. The third kappa shape index (κ3) is 2.88. The molecule has 0 saturated carbocycles. The number of hydrogen-bond donors (Lipinski definition) is 1. The highest BCUT2D eigenvalue weighted by Gasteiger charge is 2.22. The Kier molecular flexibility index (Phi) is 3.66. The van der Waals surface area contributed by atoms with Gasteiger partial charge in [-0.05, 0) is 25.0 Å². The normalized spacial score (nSPS) is 17.4. The first kappa shape index (κ1) is 11.3. The summed E-state index contributed by atoms with van der Waals surface area (Å²) in [5.74, 6) is 0. The predicted molar refractivity (Wildman–Crippen MR) is 62.7 cm³/mol. The fourth-order valence-electron chi connectivity index (χ4n) is 1.77. The van der Waals surface area contributed by atoms with Gasteiger partial charge < -0.3 is 10.0 Å². The molecule has 0 unspecified atom stereocenters. The second-order valence-corrected chi connectivity index (χ2v) is 5.14. The maximum Gasteiger partial charge on any atom is 0.407 e. The van der Waals surface area contributed by atoms with Crippen molar-refractivity contribution in [3.8, 4) is 0 Å². The molecular weight excluding hydrogens is 224 g/mol. The van der Waals surface area contributed by atoms with Gasteiger partial charge in [0.15, 0.2) is 0 Å². The lowest BCUT2D eigenvalue weighted by Gasteiger charge is -2.29. The molecule has 0 spiro atoms. The van der Waals surface area contributed by atoms with E-state index in [9.17, 15) is 4.79 Å². The standard InChI is InChI=1S/C11H14N2O2S/c14-11(15)13-7-3-10(4-8-13)16-9-1-5-12-6-2-9/h1-2,5-6,10H,3-4,7-8H2,(H,14,15). The number of amides is 1. The Balaban J connectivity index is 1.84. The van der Waals surface area contributed by atoms with Crippen molar-refractivity contribution in [1.29, 1.82) is 0 Å². The molecule has 5 heteroatoms. The largest absolute Gasteiger partial charge is 0.465 e. The minimum Gasteiger partial charge on any atom is -0.465 e. The highest BCUT2D eigenvalue weighted by Crippen LogP contribution is 2.29. The molecule has 4 nitrogen and oxygen atoms in total. The zero-order valence-electron chi connectivity index (χ0n) is 8.87. The number of rotatable bonds is 2. The number of nitrogens with zero attached hydrogens (tertiary/aromatic N) is 2. The monoisotopic (exact) mass is 238 g/mol. The van der Waals surface area contributed by atoms with Crippen LogP contribution in [0.5, 0.6) is 0 Å². The Bertz CT molecular complexity index is 350. The number of aromatic nitrogens is 1. The maximum absolute atomic E-state index is 10.7. The molecule has 1 aliphatic rings. The molecule has 1 fully saturated rings. The van der Waals surface area contributed by atoms with Gasteiger partial charge >= 0.3 is 6.09 Å². The first-order valence-corrected chi connectivity index (χ1v) is 6.18. The summed E-state index contributed by atoms with van der Waals surface area (Å²) < 4.78 is 0. The molecule has 1 aromatic heterocycles. The van der Waals surface area contributed by atoms with E-state index < -0.39 is 6.09 Å². The molecule has 1 N–H and O–H groups in total. The molecule has 2 rings (SSSR count). The van der Waals surface area contributed by atoms with Gasteiger partial charge in [0.25, 0.3) is 0 Å². The van der Waals surface area contributed by atoms with Crippen LogP contribution >= 0.6 is 11.8 Å². The number of thioether (sulfide) groups is 1. The molecular formula is C11H14N2O2S. The number of carbonyl (C=O) groups is 1. The molecule has 0 aliphatic carbocycles. The Morgan fingerprint density at radius 1 is 1.38 bits per heavy atom. The molecule has 1 aromatic rings. The van der Waals surface area contributed by atoms with Gasteiger partial charge in [-0.1, -0.05) is 0 Å². The van der Waals surface area contributed by atoms with Crippen LogP contribution in [-0.4, -0.2) is 39.4 Å². The van der Waals surface area contributed by atoms with Crippen molar-refractivity contribution in [3.63, 3.8) is 0 Å². The van der Waals surface area contributed by atoms with E-state index in [4.69, 9.17) is 5.11 Å². The molecule has 0 aromatic carbocycles. The minimum atomic E-state index is -0.799. The summed E-state index contributed by atoms with van der Waals surface area (Å²) >= 11 is 1.82. The quantitative estimate of drug-likeness (QED) is 0.859. The fraction of sp³-hybridized carbons (Fsp3) is 0.455. The summed E-state index contributed by atoms with van der Waals surface area (Å²) in [6, 6.07) is 3.99. The van der Waals surface area contributed by atoms with Gasteiger partial charge in [-0.25, -0.2) is 4.79 Å². The van der Waals surface area contributed by atoms with Crippen LogP contribution in [0.25, 0.3) is 0 Å². The van der Waals surface area contributed by atoms with Crippen molar-refractivity contribution in [2.75, 3.05) is 13.1 Å². The van der Waals surface area contributed by atoms with Crippen molar-refractivity contribution >= 4 is 17.9 Å². The van der Waals surface area contributed by atoms with Crippen LogP contribution in [0.4, 0.5) is 4.79 Å². The number of carboxylic acid groups (broad SMARTS) is 1. The summed E-state index contributed by atoms with van der Waals surface area (Å²) in [7, 11) is 0. The van der Waals surface area contributed by atoms with Gasteiger partial charge in [-0.15, -0.1) is 11.8 Å². The Hall–Kier alpha value is -1.23. The number of hydrogen-bond acceptors (Lipinski definition) is 3. The summed E-state index contributed by atoms with van der Waals surface area (Å²) in [6.07, 6.45) is 4.63. The van der Waals surface area contributed by atoms with Crippen molar-refractivity contribution < 1.29 is 9.90 Å². The van der Waals surface area contributed by atoms with Gasteiger partial charge in [0.1, 0.15) is 0 Å². The van der Waals surface area contributed by atoms with E-state index in [1.807, 2.05) is 23.9 Å². The van der Waals surface area contributed by atoms with Crippen LogP contribution in [0.1, 0.15) is 12.8 Å². The Labute approximate surface area is 98.7 Å². The van der Waals surface area contributed by atoms with Gasteiger partial charge in [-0.3, -0.25) is 4.98 Å². The van der Waals surface area contributed by atoms with Crippen LogP contribution < -0.4 is 0 Å². The molecule has 1 aliphatic heterocycles. The third-order valence-corrected chi connectivity index (χ3v) is 4.01. The van der Waals surface area contributed by atoms with Crippen molar-refractivity contribution in [2.45, 2.75) is 23.0 Å². The maximum atomic E-state index is 10.7. The van der Waals surface area contributed by atoms with E-state index in [1.54, 1.807) is 12.4 Å². The second-order valence-electron chi connectivity index (χ2n) is 3.77. The van der Waals surface area contributed by atoms with E-state index >= 15 is 0 Å². The van der Waals surface area contributed by atoms with E-state index in [0.29, 0.717) is 18.3 Å². The first-order chi connectivity index (χ1) is 7.75. The highest BCUT2D eigenvalue weighted by atomic mass is 32.2. The molecule has 0 radical (unpaired) electrons. The third-order valence-electron chi connectivity index (χ3n) is 2.66. The van der Waals surface area contributed by atoms with Crippen LogP contribution in [0.2, 0.25) is 0 Å². The van der Waals surface area contributed by atoms with Crippen LogP contribution in [0.15, 0.2) is 29.4 Å². The highest BCUT2D eigenvalue weighted by molar-refractivity contribution is 8.00. The lowest BCUT2D eigenvalue weighted by molar-refractivity contribution is 0.136. The fourth-order valence-corrected chi connectivity index (χ4v) is 2.88. The molecule has 86 valence electrons. The summed E-state index contributed by atoms with van der Waals surface area (Å²) in [6.45, 7) is 1.30. The van der Waals surface area contributed by atoms with Crippen LogP contribution in [0.3, 0.4) is 0 Å². The molecule has 1 amide bonds. The average Bonchev–Trinajstić information content (AvgIpc) is 2.31. The van der Waals surface area contributed by atoms with Crippen molar-refractivity contribution in [1.82, 2.24) is 9.88 Å². The number of likely N-dealkylation sites (tertiary alicyclic amines) is 1. The van der Waals surface area contributed by atoms with Gasteiger partial charge in [0.2, 0.25) is 0 Å². The summed E-state index contributed by atoms with van der Waals surface area (Å²) in [5, 5.41) is 9.35. The van der Waals surface area contributed by atoms with Gasteiger partial charge in [-0.2, -0.15) is 0 Å². The predicted octanol–water partition coefficient (Wildman–Crippen LogP) is 2.32. The minimum absolute atomic E-state index is 0.526. The lowest BCUT2D eigenvalue weighted by Crippen LogP contribution is -2.38. The first-order valence-electron chi connectivity index (χ1n) is 5.30. The average molecular weight is 238 g/mol. The summed E-state index contributed by atoms with van der Waals surface area (Å²) in [5.41, 5.74) is 0. The SMILES string of the molecule is O=C(O)N1CCC(Sc2ccncc2)CC1. The second kappa shape index (κ2) is 5.21. The Morgan fingerprint density at radius 2 is 2.00 bits per heavy atom. The van der Waals surface area contributed by atoms with E-state index in [2.05, 4.69) is 4.98 Å².